The lowest BCUT2D eigenvalue weighted by Gasteiger charge is -2.58. The van der Waals surface area contributed by atoms with Crippen LogP contribution in [0.25, 0.3) is 0 Å². The number of nitrogens with two attached hydrogens (primary N) is 1. The fourth-order valence-corrected chi connectivity index (χ4v) is 4.96. The van der Waals surface area contributed by atoms with Gasteiger partial charge in [-0.2, -0.15) is 13.2 Å². The molecule has 3 aliphatic rings. The van der Waals surface area contributed by atoms with Gasteiger partial charge in [0.15, 0.2) is 0 Å². The second-order valence-electron chi connectivity index (χ2n) is 8.96. The van der Waals surface area contributed by atoms with E-state index in [4.69, 9.17) is 10.5 Å². The molecule has 2 saturated carbocycles. The molecule has 0 aromatic carbocycles. The van der Waals surface area contributed by atoms with E-state index in [0.29, 0.717) is 5.82 Å². The molecular weight excluding hydrogens is 413 g/mol. The molecule has 2 atom stereocenters. The van der Waals surface area contributed by atoms with Crippen molar-refractivity contribution in [2.75, 3.05) is 0 Å². The van der Waals surface area contributed by atoms with Crippen molar-refractivity contribution in [3.05, 3.63) is 36.3 Å². The van der Waals surface area contributed by atoms with Crippen molar-refractivity contribution in [2.24, 2.45) is 17.1 Å². The van der Waals surface area contributed by atoms with Crippen LogP contribution in [0.3, 0.4) is 0 Å². The van der Waals surface area contributed by atoms with E-state index in [9.17, 15) is 22.8 Å². The smallest absolute Gasteiger partial charge is 0.391 e. The number of carbonyl (C=O) groups excluding carboxylic acids is 2. The molecule has 3 fully saturated rings. The zero-order chi connectivity index (χ0) is 22.6. The molecule has 0 bridgehead atoms. The number of nitrogens with one attached hydrogen (secondary N) is 1. The topological polar surface area (TPSA) is 97.6 Å². The van der Waals surface area contributed by atoms with E-state index in [0.717, 1.165) is 32.6 Å². The average Bonchev–Trinajstić information content (AvgIpc) is 2.89. The number of carbonyl (C=O) groups is 2. The van der Waals surface area contributed by atoms with Crippen LogP contribution in [0.2, 0.25) is 0 Å². The summed E-state index contributed by atoms with van der Waals surface area (Å²) >= 11 is 0. The van der Waals surface area contributed by atoms with Crippen LogP contribution in [-0.4, -0.2) is 46.1 Å². The summed E-state index contributed by atoms with van der Waals surface area (Å²) in [5, 5.41) is 2.83. The van der Waals surface area contributed by atoms with E-state index in [1.807, 2.05) is 0 Å². The van der Waals surface area contributed by atoms with Crippen LogP contribution >= 0.6 is 0 Å². The van der Waals surface area contributed by atoms with Crippen LogP contribution in [0.15, 0.2) is 30.7 Å². The van der Waals surface area contributed by atoms with Gasteiger partial charge in [-0.25, -0.2) is 4.98 Å². The number of primary amides is 1. The number of hydrogen-bond acceptors (Lipinski definition) is 5. The molecule has 0 unspecified atom stereocenters. The van der Waals surface area contributed by atoms with E-state index in [1.165, 1.54) is 11.1 Å². The Bertz CT molecular complexity index is 905. The Kier molecular flexibility index (Phi) is 5.13. The Labute approximate surface area is 177 Å². The Balaban J connectivity index is 1.30. The Hall–Kier alpha value is -2.78. The standard InChI is InChI=1S/C21H25F3N4O3/c1-11(21(22,23)24)6-16-19(30)28(12(2)27-16)13-7-20(8-13)9-14(10-20)31-18-15(17(25)29)4-3-5-26-18/h3-5,11,13-14,16,27H,2,6-10H2,1H3,(H2,25,29)/t11-,13?,14?,16+,20?/m1/s1. The summed E-state index contributed by atoms with van der Waals surface area (Å²) in [7, 11) is 0. The fourth-order valence-electron chi connectivity index (χ4n) is 4.96. The number of amides is 2. The van der Waals surface area contributed by atoms with Crippen molar-refractivity contribution in [1.82, 2.24) is 15.2 Å². The molecular formula is C21H25F3N4O3. The normalized spacial score (nSPS) is 31.1. The van der Waals surface area contributed by atoms with Gasteiger partial charge < -0.3 is 15.8 Å². The van der Waals surface area contributed by atoms with E-state index in [-0.39, 0.29) is 41.3 Å². The number of alkyl halides is 3. The summed E-state index contributed by atoms with van der Waals surface area (Å²) in [6.07, 6.45) is -0.201. The quantitative estimate of drug-likeness (QED) is 0.712. The van der Waals surface area contributed by atoms with Gasteiger partial charge in [0.1, 0.15) is 23.5 Å². The first-order valence-electron chi connectivity index (χ1n) is 10.3. The number of rotatable bonds is 6. The van der Waals surface area contributed by atoms with Crippen LogP contribution in [0.5, 0.6) is 5.88 Å². The minimum absolute atomic E-state index is 0.0366. The van der Waals surface area contributed by atoms with E-state index in [1.54, 1.807) is 12.1 Å². The second kappa shape index (κ2) is 7.42. The summed E-state index contributed by atoms with van der Waals surface area (Å²) in [5.41, 5.74) is 5.62. The van der Waals surface area contributed by atoms with Crippen molar-refractivity contribution >= 4 is 11.8 Å². The van der Waals surface area contributed by atoms with E-state index < -0.39 is 24.0 Å². The van der Waals surface area contributed by atoms with Crippen LogP contribution < -0.4 is 15.8 Å². The van der Waals surface area contributed by atoms with Gasteiger partial charge in [-0.3, -0.25) is 14.5 Å². The lowest BCUT2D eigenvalue weighted by Crippen LogP contribution is -2.59. The monoisotopic (exact) mass is 438 g/mol. The first-order valence-corrected chi connectivity index (χ1v) is 10.3. The molecule has 2 aliphatic carbocycles. The highest BCUT2D eigenvalue weighted by molar-refractivity contribution is 5.94. The number of halogens is 3. The maximum absolute atomic E-state index is 12.9. The molecule has 0 radical (unpaired) electrons. The van der Waals surface area contributed by atoms with E-state index >= 15 is 0 Å². The number of pyridine rings is 1. The zero-order valence-electron chi connectivity index (χ0n) is 17.1. The van der Waals surface area contributed by atoms with Gasteiger partial charge in [0, 0.05) is 12.2 Å². The van der Waals surface area contributed by atoms with E-state index in [2.05, 4.69) is 16.9 Å². The molecule has 3 N–H and O–H groups in total. The van der Waals surface area contributed by atoms with Gasteiger partial charge in [0.25, 0.3) is 11.8 Å². The highest BCUT2D eigenvalue weighted by atomic mass is 19.4. The highest BCUT2D eigenvalue weighted by Gasteiger charge is 2.58. The molecule has 168 valence electrons. The first-order chi connectivity index (χ1) is 14.5. The molecule has 1 spiro atoms. The summed E-state index contributed by atoms with van der Waals surface area (Å²) in [6.45, 7) is 4.92. The number of aromatic nitrogens is 1. The van der Waals surface area contributed by atoms with Crippen LogP contribution in [0.4, 0.5) is 13.2 Å². The molecule has 7 nitrogen and oxygen atoms in total. The maximum atomic E-state index is 12.9. The van der Waals surface area contributed by atoms with Crippen LogP contribution in [-0.2, 0) is 4.79 Å². The molecule has 31 heavy (non-hydrogen) atoms. The van der Waals surface area contributed by atoms with Gasteiger partial charge in [-0.15, -0.1) is 0 Å². The molecule has 1 aromatic rings. The predicted octanol–water partition coefficient (Wildman–Crippen LogP) is 2.73. The molecule has 10 heteroatoms. The lowest BCUT2D eigenvalue weighted by molar-refractivity contribution is -0.173. The summed E-state index contributed by atoms with van der Waals surface area (Å²) < 4.78 is 44.4. The van der Waals surface area contributed by atoms with Gasteiger partial charge >= 0.3 is 6.18 Å². The van der Waals surface area contributed by atoms with Crippen molar-refractivity contribution in [3.63, 3.8) is 0 Å². The predicted molar refractivity (Wildman–Crippen MR) is 105 cm³/mol. The van der Waals surface area contributed by atoms with Crippen molar-refractivity contribution in [1.29, 1.82) is 0 Å². The molecule has 1 saturated heterocycles. The number of ether oxygens (including phenoxy) is 1. The maximum Gasteiger partial charge on any atom is 0.391 e. The molecule has 2 heterocycles. The minimum Gasteiger partial charge on any atom is -0.474 e. The summed E-state index contributed by atoms with van der Waals surface area (Å²) in [6, 6.07) is 2.21. The van der Waals surface area contributed by atoms with Crippen LogP contribution in [0.1, 0.15) is 49.4 Å². The van der Waals surface area contributed by atoms with Crippen molar-refractivity contribution < 1.29 is 27.5 Å². The molecule has 4 rings (SSSR count). The molecule has 1 aromatic heterocycles. The third-order valence-corrected chi connectivity index (χ3v) is 6.65. The Morgan fingerprint density at radius 2 is 2.10 bits per heavy atom. The highest BCUT2D eigenvalue weighted by Crippen LogP contribution is 2.58. The van der Waals surface area contributed by atoms with Crippen LogP contribution in [0, 0.1) is 11.3 Å². The summed E-state index contributed by atoms with van der Waals surface area (Å²) in [4.78, 5) is 29.8. The third-order valence-electron chi connectivity index (χ3n) is 6.65. The lowest BCUT2D eigenvalue weighted by atomic mass is 9.52. The van der Waals surface area contributed by atoms with Gasteiger partial charge in [0.05, 0.1) is 5.92 Å². The molecule has 1 aliphatic heterocycles. The number of nitrogens with zero attached hydrogens (tertiary/aromatic N) is 2. The average molecular weight is 438 g/mol. The van der Waals surface area contributed by atoms with Gasteiger partial charge in [-0.05, 0) is 49.7 Å². The number of hydrogen-bond donors (Lipinski definition) is 2. The third kappa shape index (κ3) is 3.95. The zero-order valence-corrected chi connectivity index (χ0v) is 17.1. The van der Waals surface area contributed by atoms with Gasteiger partial charge in [0.2, 0.25) is 5.88 Å². The second-order valence-corrected chi connectivity index (χ2v) is 8.96. The SMILES string of the molecule is C=C1N[C@@H](C[C@@H](C)C(F)(F)F)C(=O)N1C1CC2(CC(Oc3ncccc3C(N)=O)C2)C1. The minimum atomic E-state index is -4.33. The van der Waals surface area contributed by atoms with Gasteiger partial charge in [-0.1, -0.05) is 13.5 Å². The largest absolute Gasteiger partial charge is 0.474 e. The van der Waals surface area contributed by atoms with Crippen molar-refractivity contribution in [3.8, 4) is 5.88 Å². The van der Waals surface area contributed by atoms with Crippen molar-refractivity contribution in [2.45, 2.75) is 63.4 Å². The Morgan fingerprint density at radius 1 is 1.42 bits per heavy atom. The Morgan fingerprint density at radius 3 is 2.71 bits per heavy atom. The fraction of sp³-hybridized carbons (Fsp3) is 0.571. The molecule has 2 amide bonds. The summed E-state index contributed by atoms with van der Waals surface area (Å²) in [5.74, 6) is -1.92. The first kappa shape index (κ1) is 21.5.